The monoisotopic (exact) mass is 404 g/mol. The number of rotatable bonds is 2. The van der Waals surface area contributed by atoms with Crippen molar-refractivity contribution in [2.75, 3.05) is 14.2 Å². The Kier molecular flexibility index (Phi) is 3.85. The lowest BCUT2D eigenvalue weighted by atomic mass is 9.40. The predicted molar refractivity (Wildman–Crippen MR) is 115 cm³/mol. The predicted octanol–water partition coefficient (Wildman–Crippen LogP) is 4.54. The van der Waals surface area contributed by atoms with Gasteiger partial charge in [0.1, 0.15) is 23.1 Å². The molecule has 0 bridgehead atoms. The van der Waals surface area contributed by atoms with Crippen LogP contribution in [0, 0.1) is 11.8 Å². The number of fused-ring (bicyclic) bond motifs is 8. The Morgan fingerprint density at radius 2 is 1.00 bits per heavy atom. The Hall–Kier alpha value is -2.62. The minimum atomic E-state index is -0.638. The van der Waals surface area contributed by atoms with Crippen LogP contribution in [-0.2, 0) is 20.4 Å². The van der Waals surface area contributed by atoms with Crippen LogP contribution < -0.4 is 9.47 Å². The van der Waals surface area contributed by atoms with E-state index in [1.54, 1.807) is 14.2 Å². The highest BCUT2D eigenvalue weighted by molar-refractivity contribution is 6.05. The van der Waals surface area contributed by atoms with Gasteiger partial charge in [-0.2, -0.15) is 0 Å². The smallest absolute Gasteiger partial charge is 0.147 e. The molecule has 0 heterocycles. The average molecular weight is 405 g/mol. The average Bonchev–Trinajstić information content (AvgIpc) is 2.71. The Labute approximate surface area is 177 Å². The number of Topliss-reactive ketones (excluding diaryl/α,β-unsaturated/α-hetero) is 2. The van der Waals surface area contributed by atoms with Gasteiger partial charge in [-0.25, -0.2) is 0 Å². The molecule has 0 aliphatic heterocycles. The van der Waals surface area contributed by atoms with Crippen LogP contribution in [0.3, 0.4) is 0 Å². The Morgan fingerprint density at radius 1 is 0.633 bits per heavy atom. The van der Waals surface area contributed by atoms with Gasteiger partial charge in [-0.3, -0.25) is 9.59 Å². The lowest BCUT2D eigenvalue weighted by Crippen LogP contribution is -2.62. The van der Waals surface area contributed by atoms with E-state index in [1.165, 1.54) is 11.1 Å². The van der Waals surface area contributed by atoms with Crippen molar-refractivity contribution < 1.29 is 19.1 Å². The van der Waals surface area contributed by atoms with Crippen molar-refractivity contribution in [3.05, 3.63) is 58.7 Å². The summed E-state index contributed by atoms with van der Waals surface area (Å²) in [5, 5.41) is 0. The van der Waals surface area contributed by atoms with Gasteiger partial charge in [0.2, 0.25) is 0 Å². The van der Waals surface area contributed by atoms with Gasteiger partial charge >= 0.3 is 0 Å². The van der Waals surface area contributed by atoms with Gasteiger partial charge in [0.25, 0.3) is 0 Å². The number of carbonyl (C=O) groups excluding carboxylic acids is 2. The standard InChI is InChI=1S/C26H28O4/c1-25(2)17-11-13(29-5)7-9-15(17)19-20-16-10-8-14(30-6)12-18(16)26(3,4)24(28)22(20)21(19)23(25)27/h7-12,19-22H,1-6H3. The summed E-state index contributed by atoms with van der Waals surface area (Å²) in [7, 11) is 3.29. The first-order chi connectivity index (χ1) is 14.1. The SMILES string of the molecule is COc1ccc2c(c1)C(C)(C)C(=O)C1C3C(=O)C(C)(C)c4cc(OC)ccc4C3C21. The van der Waals surface area contributed by atoms with Crippen molar-refractivity contribution in [1.29, 1.82) is 0 Å². The summed E-state index contributed by atoms with van der Waals surface area (Å²) in [6.07, 6.45) is 0. The quantitative estimate of drug-likeness (QED) is 0.738. The fraction of sp³-hybridized carbons (Fsp3) is 0.462. The summed E-state index contributed by atoms with van der Waals surface area (Å²) in [6, 6.07) is 12.1. The molecule has 4 atom stereocenters. The third-order valence-electron chi connectivity index (χ3n) is 7.97. The van der Waals surface area contributed by atoms with Crippen LogP contribution in [0.15, 0.2) is 36.4 Å². The lowest BCUT2D eigenvalue weighted by molar-refractivity contribution is -0.150. The van der Waals surface area contributed by atoms with Crippen LogP contribution in [-0.4, -0.2) is 25.8 Å². The number of ether oxygens (including phenoxy) is 2. The zero-order valence-electron chi connectivity index (χ0n) is 18.4. The lowest BCUT2D eigenvalue weighted by Gasteiger charge is -2.60. The van der Waals surface area contributed by atoms with Crippen LogP contribution in [0.5, 0.6) is 11.5 Å². The highest BCUT2D eigenvalue weighted by Gasteiger charge is 2.67. The second kappa shape index (κ2) is 5.96. The van der Waals surface area contributed by atoms with Gasteiger partial charge in [-0.15, -0.1) is 0 Å². The molecule has 3 aliphatic carbocycles. The summed E-state index contributed by atoms with van der Waals surface area (Å²) in [5.74, 6) is 1.42. The van der Waals surface area contributed by atoms with E-state index in [-0.39, 0.29) is 35.2 Å². The maximum absolute atomic E-state index is 13.7. The van der Waals surface area contributed by atoms with Gasteiger partial charge in [-0.05, 0) is 74.2 Å². The summed E-state index contributed by atoms with van der Waals surface area (Å²) in [6.45, 7) is 7.92. The minimum absolute atomic E-state index is 0.0311. The zero-order chi connectivity index (χ0) is 21.6. The summed E-state index contributed by atoms with van der Waals surface area (Å²) >= 11 is 0. The molecule has 3 aliphatic rings. The van der Waals surface area contributed by atoms with E-state index in [2.05, 4.69) is 12.1 Å². The summed E-state index contributed by atoms with van der Waals surface area (Å²) in [4.78, 5) is 27.4. The van der Waals surface area contributed by atoms with Crippen LogP contribution in [0.4, 0.5) is 0 Å². The maximum atomic E-state index is 13.7. The fourth-order valence-electron chi connectivity index (χ4n) is 6.26. The second-order valence-electron chi connectivity index (χ2n) is 9.99. The van der Waals surface area contributed by atoms with E-state index in [1.807, 2.05) is 52.0 Å². The molecule has 1 fully saturated rings. The van der Waals surface area contributed by atoms with Crippen molar-refractivity contribution in [3.63, 3.8) is 0 Å². The number of carbonyl (C=O) groups is 2. The first-order valence-electron chi connectivity index (χ1n) is 10.6. The summed E-state index contributed by atoms with van der Waals surface area (Å²) in [5.41, 5.74) is 3.14. The minimum Gasteiger partial charge on any atom is -0.497 e. The molecule has 4 heteroatoms. The molecular formula is C26H28O4. The molecule has 4 nitrogen and oxygen atoms in total. The van der Waals surface area contributed by atoms with Crippen molar-refractivity contribution in [2.24, 2.45) is 11.8 Å². The molecule has 1 saturated carbocycles. The first-order valence-corrected chi connectivity index (χ1v) is 10.6. The van der Waals surface area contributed by atoms with Gasteiger partial charge < -0.3 is 9.47 Å². The molecule has 0 aromatic heterocycles. The van der Waals surface area contributed by atoms with Crippen LogP contribution >= 0.6 is 0 Å². The Bertz CT molecular complexity index is 1010. The molecule has 0 saturated heterocycles. The fourth-order valence-corrected chi connectivity index (χ4v) is 6.26. The van der Waals surface area contributed by atoms with Crippen LogP contribution in [0.25, 0.3) is 0 Å². The molecule has 2 aromatic rings. The number of benzene rings is 2. The van der Waals surface area contributed by atoms with E-state index >= 15 is 0 Å². The van der Waals surface area contributed by atoms with Gasteiger partial charge in [0.05, 0.1) is 14.2 Å². The summed E-state index contributed by atoms with van der Waals surface area (Å²) < 4.78 is 10.9. The molecule has 4 unspecified atom stereocenters. The molecule has 0 amide bonds. The number of hydrogen-bond donors (Lipinski definition) is 0. The van der Waals surface area contributed by atoms with Crippen molar-refractivity contribution >= 4 is 11.6 Å². The molecule has 2 aromatic carbocycles. The van der Waals surface area contributed by atoms with E-state index in [0.29, 0.717) is 0 Å². The highest BCUT2D eigenvalue weighted by Crippen LogP contribution is 2.67. The van der Waals surface area contributed by atoms with Crippen molar-refractivity contribution in [2.45, 2.75) is 50.4 Å². The third kappa shape index (κ3) is 2.17. The number of methoxy groups -OCH3 is 2. The zero-order valence-corrected chi connectivity index (χ0v) is 18.4. The van der Waals surface area contributed by atoms with E-state index in [9.17, 15) is 9.59 Å². The Balaban J connectivity index is 1.74. The van der Waals surface area contributed by atoms with Crippen LogP contribution in [0.2, 0.25) is 0 Å². The molecular weight excluding hydrogens is 376 g/mol. The van der Waals surface area contributed by atoms with E-state index in [4.69, 9.17) is 9.47 Å². The molecule has 0 spiro atoms. The number of ketones is 2. The topological polar surface area (TPSA) is 52.6 Å². The molecule has 30 heavy (non-hydrogen) atoms. The second-order valence-corrected chi connectivity index (χ2v) is 9.99. The third-order valence-corrected chi connectivity index (χ3v) is 7.97. The highest BCUT2D eigenvalue weighted by atomic mass is 16.5. The molecule has 0 N–H and O–H groups in total. The van der Waals surface area contributed by atoms with Gasteiger partial charge in [0, 0.05) is 34.5 Å². The Morgan fingerprint density at radius 3 is 1.33 bits per heavy atom. The normalized spacial score (nSPS) is 29.7. The largest absolute Gasteiger partial charge is 0.497 e. The molecule has 5 rings (SSSR count). The van der Waals surface area contributed by atoms with Crippen LogP contribution in [0.1, 0.15) is 61.8 Å². The number of hydrogen-bond acceptors (Lipinski definition) is 4. The van der Waals surface area contributed by atoms with Crippen molar-refractivity contribution in [1.82, 2.24) is 0 Å². The molecule has 0 radical (unpaired) electrons. The van der Waals surface area contributed by atoms with Gasteiger partial charge in [-0.1, -0.05) is 12.1 Å². The first kappa shape index (κ1) is 19.3. The van der Waals surface area contributed by atoms with E-state index < -0.39 is 10.8 Å². The molecule has 156 valence electrons. The van der Waals surface area contributed by atoms with Gasteiger partial charge in [0.15, 0.2) is 0 Å². The van der Waals surface area contributed by atoms with E-state index in [0.717, 1.165) is 22.6 Å². The maximum Gasteiger partial charge on any atom is 0.147 e. The van der Waals surface area contributed by atoms with Crippen molar-refractivity contribution in [3.8, 4) is 11.5 Å².